The van der Waals surface area contributed by atoms with E-state index in [-0.39, 0.29) is 12.4 Å². The van der Waals surface area contributed by atoms with Crippen molar-refractivity contribution in [1.82, 2.24) is 9.78 Å². The van der Waals surface area contributed by atoms with Gasteiger partial charge < -0.3 is 4.74 Å². The van der Waals surface area contributed by atoms with E-state index in [2.05, 4.69) is 5.10 Å². The number of carbonyl (C=O) groups excluding carboxylic acids is 2. The summed E-state index contributed by atoms with van der Waals surface area (Å²) in [6.07, 6.45) is 0. The molecule has 27 heavy (non-hydrogen) atoms. The molecule has 0 N–H and O–H groups in total. The third kappa shape index (κ3) is 3.53. The van der Waals surface area contributed by atoms with Crippen LogP contribution in [0.4, 0.5) is 0 Å². The number of Topliss-reactive ketones (excluding diaryl/α,β-unsaturated/α-hetero) is 1. The molecule has 0 spiro atoms. The van der Waals surface area contributed by atoms with Gasteiger partial charge in [0.15, 0.2) is 6.61 Å². The second-order valence-electron chi connectivity index (χ2n) is 5.77. The molecule has 0 bridgehead atoms. The number of rotatable bonds is 5. The first-order chi connectivity index (χ1) is 13.0. The van der Waals surface area contributed by atoms with E-state index in [0.717, 1.165) is 21.6 Å². The van der Waals surface area contributed by atoms with Crippen molar-refractivity contribution in [3.8, 4) is 5.69 Å². The number of hydrogen-bond donors (Lipinski definition) is 0. The van der Waals surface area contributed by atoms with Crippen LogP contribution in [0.25, 0.3) is 15.9 Å². The maximum atomic E-state index is 12.4. The molecule has 0 amide bonds. The quantitative estimate of drug-likeness (QED) is 0.333. The van der Waals surface area contributed by atoms with Crippen molar-refractivity contribution in [2.75, 3.05) is 6.61 Å². The van der Waals surface area contributed by atoms with Gasteiger partial charge in [-0.05, 0) is 37.3 Å². The van der Waals surface area contributed by atoms with Gasteiger partial charge in [-0.15, -0.1) is 22.7 Å². The molecule has 3 heterocycles. The van der Waals surface area contributed by atoms with E-state index >= 15 is 0 Å². The molecule has 136 valence electrons. The molecule has 3 aromatic heterocycles. The van der Waals surface area contributed by atoms with E-state index < -0.39 is 5.97 Å². The Balaban J connectivity index is 1.55. The summed E-state index contributed by atoms with van der Waals surface area (Å²) in [5, 5.41) is 5.44. The SMILES string of the molecule is Cc1nn(-c2ccccc2)c2sc(C(=O)OCC(=O)c3ccc(Cl)s3)cc12. The highest BCUT2D eigenvalue weighted by Gasteiger charge is 2.19. The summed E-state index contributed by atoms with van der Waals surface area (Å²) in [7, 11) is 0. The van der Waals surface area contributed by atoms with Crippen molar-refractivity contribution in [2.24, 2.45) is 0 Å². The van der Waals surface area contributed by atoms with E-state index in [9.17, 15) is 9.59 Å². The zero-order chi connectivity index (χ0) is 19.0. The van der Waals surface area contributed by atoms with Gasteiger partial charge in [0.2, 0.25) is 5.78 Å². The Morgan fingerprint density at radius 3 is 2.59 bits per heavy atom. The first-order valence-electron chi connectivity index (χ1n) is 8.03. The Morgan fingerprint density at radius 1 is 1.11 bits per heavy atom. The molecule has 0 atom stereocenters. The molecule has 0 saturated heterocycles. The molecule has 1 aromatic carbocycles. The van der Waals surface area contributed by atoms with Crippen molar-refractivity contribution in [3.63, 3.8) is 0 Å². The molecule has 0 fully saturated rings. The standard InChI is InChI=1S/C19H13ClN2O3S2/c1-11-13-9-16(19(24)25-10-14(23)15-7-8-17(20)26-15)27-18(13)22(21-11)12-5-3-2-4-6-12/h2-9H,10H2,1H3. The molecule has 0 aliphatic heterocycles. The summed E-state index contributed by atoms with van der Waals surface area (Å²) >= 11 is 8.29. The Morgan fingerprint density at radius 2 is 1.89 bits per heavy atom. The highest BCUT2D eigenvalue weighted by Crippen LogP contribution is 2.31. The number of carbonyl (C=O) groups is 2. The number of thiophene rings is 2. The van der Waals surface area contributed by atoms with Crippen LogP contribution in [0.2, 0.25) is 4.34 Å². The smallest absolute Gasteiger partial charge is 0.348 e. The largest absolute Gasteiger partial charge is 0.453 e. The normalized spacial score (nSPS) is 11.0. The lowest BCUT2D eigenvalue weighted by molar-refractivity contribution is 0.0481. The number of fused-ring (bicyclic) bond motifs is 1. The molecule has 0 aliphatic rings. The van der Waals surface area contributed by atoms with Crippen LogP contribution < -0.4 is 0 Å². The van der Waals surface area contributed by atoms with E-state index in [1.807, 2.05) is 41.9 Å². The van der Waals surface area contributed by atoms with Crippen molar-refractivity contribution in [1.29, 1.82) is 0 Å². The van der Waals surface area contributed by atoms with Crippen molar-refractivity contribution < 1.29 is 14.3 Å². The van der Waals surface area contributed by atoms with Gasteiger partial charge in [-0.2, -0.15) is 5.10 Å². The van der Waals surface area contributed by atoms with E-state index in [4.69, 9.17) is 16.3 Å². The highest BCUT2D eigenvalue weighted by atomic mass is 35.5. The van der Waals surface area contributed by atoms with Gasteiger partial charge in [0.25, 0.3) is 0 Å². The summed E-state index contributed by atoms with van der Waals surface area (Å²) in [6.45, 7) is 1.58. The van der Waals surface area contributed by atoms with Gasteiger partial charge >= 0.3 is 5.97 Å². The Kier molecular flexibility index (Phi) is 4.82. The molecule has 0 unspecified atom stereocenters. The molecule has 0 radical (unpaired) electrons. The highest BCUT2D eigenvalue weighted by molar-refractivity contribution is 7.20. The lowest BCUT2D eigenvalue weighted by Gasteiger charge is -2.02. The molecule has 0 aliphatic carbocycles. The molecule has 0 saturated carbocycles. The van der Waals surface area contributed by atoms with Crippen LogP contribution in [0.3, 0.4) is 0 Å². The van der Waals surface area contributed by atoms with Gasteiger partial charge in [0, 0.05) is 5.39 Å². The monoisotopic (exact) mass is 416 g/mol. The van der Waals surface area contributed by atoms with Crippen LogP contribution >= 0.6 is 34.3 Å². The van der Waals surface area contributed by atoms with Crippen molar-refractivity contribution in [2.45, 2.75) is 6.92 Å². The molecule has 4 aromatic rings. The van der Waals surface area contributed by atoms with Crippen LogP contribution in [-0.4, -0.2) is 28.1 Å². The first-order valence-corrected chi connectivity index (χ1v) is 10.0. The summed E-state index contributed by atoms with van der Waals surface area (Å²) < 4.78 is 7.53. The fourth-order valence-corrected chi connectivity index (χ4v) is 4.67. The zero-order valence-corrected chi connectivity index (χ0v) is 16.5. The maximum absolute atomic E-state index is 12.4. The number of aromatic nitrogens is 2. The number of para-hydroxylation sites is 1. The van der Waals surface area contributed by atoms with Gasteiger partial charge in [-0.25, -0.2) is 9.48 Å². The average Bonchev–Trinajstić information content (AvgIpc) is 3.37. The zero-order valence-electron chi connectivity index (χ0n) is 14.1. The van der Waals surface area contributed by atoms with Crippen LogP contribution in [0, 0.1) is 6.92 Å². The number of aryl methyl sites for hydroxylation is 1. The topological polar surface area (TPSA) is 61.2 Å². The van der Waals surface area contributed by atoms with Gasteiger partial charge in [-0.1, -0.05) is 29.8 Å². The number of benzene rings is 1. The summed E-state index contributed by atoms with van der Waals surface area (Å²) in [6, 6.07) is 14.7. The van der Waals surface area contributed by atoms with Crippen LogP contribution in [0.1, 0.15) is 25.0 Å². The Labute approximate surface area is 167 Å². The summed E-state index contributed by atoms with van der Waals surface area (Å²) in [5.74, 6) is -0.792. The number of hydrogen-bond acceptors (Lipinski definition) is 6. The third-order valence-corrected chi connectivity index (χ3v) is 6.29. The molecule has 8 heteroatoms. The molecular weight excluding hydrogens is 404 g/mol. The van der Waals surface area contributed by atoms with Crippen molar-refractivity contribution in [3.05, 3.63) is 68.3 Å². The van der Waals surface area contributed by atoms with Gasteiger partial charge in [0.05, 0.1) is 20.6 Å². The number of esters is 1. The molecular formula is C19H13ClN2O3S2. The maximum Gasteiger partial charge on any atom is 0.348 e. The van der Waals surface area contributed by atoms with Gasteiger partial charge in [-0.3, -0.25) is 4.79 Å². The van der Waals surface area contributed by atoms with Gasteiger partial charge in [0.1, 0.15) is 9.71 Å². The van der Waals surface area contributed by atoms with E-state index in [1.54, 1.807) is 18.2 Å². The second kappa shape index (κ2) is 7.26. The van der Waals surface area contributed by atoms with Crippen LogP contribution in [0.5, 0.6) is 0 Å². The Bertz CT molecular complexity index is 1140. The predicted molar refractivity (Wildman–Crippen MR) is 108 cm³/mol. The van der Waals surface area contributed by atoms with Crippen molar-refractivity contribution >= 4 is 56.2 Å². The summed E-state index contributed by atoms with van der Waals surface area (Å²) in [4.78, 5) is 26.2. The lowest BCUT2D eigenvalue weighted by atomic mass is 10.3. The lowest BCUT2D eigenvalue weighted by Crippen LogP contribution is -2.12. The third-order valence-electron chi connectivity index (χ3n) is 3.93. The minimum absolute atomic E-state index is 0.270. The number of ether oxygens (including phenoxy) is 1. The fraction of sp³-hybridized carbons (Fsp3) is 0.105. The number of ketones is 1. The molecule has 4 rings (SSSR count). The fourth-order valence-electron chi connectivity index (χ4n) is 2.63. The summed E-state index contributed by atoms with van der Waals surface area (Å²) in [5.41, 5.74) is 1.75. The van der Waals surface area contributed by atoms with E-state index in [0.29, 0.717) is 14.1 Å². The predicted octanol–water partition coefficient (Wildman–Crippen LogP) is 5.15. The average molecular weight is 417 g/mol. The van der Waals surface area contributed by atoms with Crippen LogP contribution in [-0.2, 0) is 4.74 Å². The minimum atomic E-state index is -0.522. The minimum Gasteiger partial charge on any atom is -0.453 e. The number of halogens is 1. The second-order valence-corrected chi connectivity index (χ2v) is 8.51. The Hall–Kier alpha value is -2.48. The van der Waals surface area contributed by atoms with Crippen LogP contribution in [0.15, 0.2) is 48.5 Å². The van der Waals surface area contributed by atoms with E-state index in [1.165, 1.54) is 22.7 Å². The number of nitrogens with zero attached hydrogens (tertiary/aromatic N) is 2. The first kappa shape index (κ1) is 17.9. The molecule has 5 nitrogen and oxygen atoms in total.